The maximum absolute atomic E-state index is 12.9. The van der Waals surface area contributed by atoms with Gasteiger partial charge in [0.05, 0.1) is 4.90 Å². The zero-order valence-corrected chi connectivity index (χ0v) is 16.9. The summed E-state index contributed by atoms with van der Waals surface area (Å²) in [4.78, 5) is 14.9. The highest BCUT2D eigenvalue weighted by atomic mass is 32.2. The highest BCUT2D eigenvalue weighted by Gasteiger charge is 2.26. The van der Waals surface area contributed by atoms with Gasteiger partial charge in [-0.15, -0.1) is 0 Å². The monoisotopic (exact) mass is 406 g/mol. The molecule has 0 fully saturated rings. The first-order valence-corrected chi connectivity index (χ1v) is 11.0. The number of amides is 1. The zero-order valence-electron chi connectivity index (χ0n) is 16.1. The van der Waals surface area contributed by atoms with Crippen LogP contribution in [0.2, 0.25) is 0 Å². The molecule has 4 rings (SSSR count). The number of nitrogens with one attached hydrogen (secondary N) is 1. The second kappa shape index (κ2) is 7.81. The predicted molar refractivity (Wildman–Crippen MR) is 113 cm³/mol. The number of aryl methyl sites for hydroxylation is 1. The van der Waals surface area contributed by atoms with Crippen LogP contribution in [0.5, 0.6) is 0 Å². The molecule has 0 bridgehead atoms. The fourth-order valence-corrected chi connectivity index (χ4v) is 4.65. The number of hydrogen-bond acceptors (Lipinski definition) is 3. The quantitative estimate of drug-likeness (QED) is 0.703. The Bertz CT molecular complexity index is 1160. The molecule has 1 amide bonds. The largest absolute Gasteiger partial charge is 0.308 e. The van der Waals surface area contributed by atoms with Gasteiger partial charge in [0.15, 0.2) is 0 Å². The van der Waals surface area contributed by atoms with Crippen molar-refractivity contribution in [2.24, 2.45) is 0 Å². The average Bonchev–Trinajstić information content (AvgIpc) is 3.16. The fourth-order valence-electron chi connectivity index (χ4n) is 3.53. The van der Waals surface area contributed by atoms with Crippen molar-refractivity contribution in [1.82, 2.24) is 4.72 Å². The van der Waals surface area contributed by atoms with Crippen LogP contribution in [0.15, 0.2) is 77.7 Å². The lowest BCUT2D eigenvalue weighted by Gasteiger charge is -2.18. The summed E-state index contributed by atoms with van der Waals surface area (Å²) in [6.07, 6.45) is 0.795. The van der Waals surface area contributed by atoms with E-state index in [1.165, 1.54) is 0 Å². The van der Waals surface area contributed by atoms with Crippen LogP contribution in [0.4, 0.5) is 5.69 Å². The van der Waals surface area contributed by atoms with Gasteiger partial charge in [0, 0.05) is 24.3 Å². The average molecular weight is 407 g/mol. The number of carbonyl (C=O) groups is 1. The molecule has 3 aromatic carbocycles. The fraction of sp³-hybridized carbons (Fsp3) is 0.174. The van der Waals surface area contributed by atoms with E-state index >= 15 is 0 Å². The van der Waals surface area contributed by atoms with Gasteiger partial charge in [-0.3, -0.25) is 4.79 Å². The number of hydrogen-bond donors (Lipinski definition) is 1. The minimum atomic E-state index is -3.60. The van der Waals surface area contributed by atoms with Gasteiger partial charge in [-0.1, -0.05) is 42.5 Å². The Labute approximate surface area is 171 Å². The molecule has 1 aliphatic rings. The second-order valence-corrected chi connectivity index (χ2v) is 8.94. The number of carbonyl (C=O) groups excluding carboxylic acids is 1. The maximum atomic E-state index is 12.9. The Balaban J connectivity index is 1.53. The molecular weight excluding hydrogens is 384 g/mol. The van der Waals surface area contributed by atoms with Gasteiger partial charge in [-0.25, -0.2) is 13.1 Å². The van der Waals surface area contributed by atoms with E-state index in [-0.39, 0.29) is 17.3 Å². The van der Waals surface area contributed by atoms with Gasteiger partial charge in [0.2, 0.25) is 10.0 Å². The lowest BCUT2D eigenvalue weighted by atomic mass is 10.1. The summed E-state index contributed by atoms with van der Waals surface area (Å²) in [5, 5.41) is 0. The maximum Gasteiger partial charge on any atom is 0.258 e. The van der Waals surface area contributed by atoms with Crippen molar-refractivity contribution in [3.8, 4) is 0 Å². The number of sulfonamides is 1. The summed E-state index contributed by atoms with van der Waals surface area (Å²) < 4.78 is 27.8. The van der Waals surface area contributed by atoms with Crippen molar-refractivity contribution in [3.05, 3.63) is 95.1 Å². The minimum absolute atomic E-state index is 0.0400. The van der Waals surface area contributed by atoms with Crippen LogP contribution in [0.25, 0.3) is 0 Å². The highest BCUT2D eigenvalue weighted by molar-refractivity contribution is 7.89. The van der Waals surface area contributed by atoms with Gasteiger partial charge in [0.25, 0.3) is 5.91 Å². The van der Waals surface area contributed by atoms with Crippen molar-refractivity contribution >= 4 is 21.6 Å². The van der Waals surface area contributed by atoms with Crippen LogP contribution in [-0.2, 0) is 23.0 Å². The van der Waals surface area contributed by atoms with Crippen LogP contribution in [0, 0.1) is 6.92 Å². The predicted octanol–water partition coefficient (Wildman–Crippen LogP) is 3.68. The first-order chi connectivity index (χ1) is 13.9. The molecule has 0 radical (unpaired) electrons. The first kappa shape index (κ1) is 19.4. The molecule has 5 nitrogen and oxygen atoms in total. The molecule has 6 heteroatoms. The molecule has 29 heavy (non-hydrogen) atoms. The van der Waals surface area contributed by atoms with E-state index in [2.05, 4.69) is 4.72 Å². The molecule has 1 heterocycles. The van der Waals surface area contributed by atoms with Gasteiger partial charge >= 0.3 is 0 Å². The molecule has 148 valence electrons. The van der Waals surface area contributed by atoms with Gasteiger partial charge in [-0.2, -0.15) is 0 Å². The molecule has 1 aliphatic heterocycles. The molecule has 0 saturated heterocycles. The van der Waals surface area contributed by atoms with E-state index in [4.69, 9.17) is 0 Å². The summed E-state index contributed by atoms with van der Waals surface area (Å²) in [6, 6.07) is 21.8. The third-order valence-electron chi connectivity index (χ3n) is 5.08. The Morgan fingerprint density at radius 1 is 1.00 bits per heavy atom. The third-order valence-corrected chi connectivity index (χ3v) is 6.48. The molecule has 0 aliphatic carbocycles. The van der Waals surface area contributed by atoms with Crippen molar-refractivity contribution in [1.29, 1.82) is 0 Å². The van der Waals surface area contributed by atoms with E-state index in [0.29, 0.717) is 12.1 Å². The molecule has 1 N–H and O–H groups in total. The van der Waals surface area contributed by atoms with Crippen LogP contribution >= 0.6 is 0 Å². The van der Waals surface area contributed by atoms with Crippen molar-refractivity contribution in [2.75, 3.05) is 11.4 Å². The smallest absolute Gasteiger partial charge is 0.258 e. The normalized spacial score (nSPS) is 13.3. The molecule has 0 spiro atoms. The molecule has 0 saturated carbocycles. The van der Waals surface area contributed by atoms with Crippen molar-refractivity contribution < 1.29 is 13.2 Å². The number of fused-ring (bicyclic) bond motifs is 1. The lowest BCUT2D eigenvalue weighted by molar-refractivity contribution is 0.0989. The van der Waals surface area contributed by atoms with Gasteiger partial charge in [0.1, 0.15) is 0 Å². The highest BCUT2D eigenvalue weighted by Crippen LogP contribution is 2.30. The summed E-state index contributed by atoms with van der Waals surface area (Å²) in [5.74, 6) is -0.0400. The number of anilines is 1. The van der Waals surface area contributed by atoms with Crippen LogP contribution in [0.1, 0.15) is 27.0 Å². The van der Waals surface area contributed by atoms with Crippen LogP contribution in [0.3, 0.4) is 0 Å². The summed E-state index contributed by atoms with van der Waals surface area (Å²) in [6.45, 7) is 2.65. The number of nitrogens with zero attached hydrogens (tertiary/aromatic N) is 1. The van der Waals surface area contributed by atoms with E-state index in [1.54, 1.807) is 35.2 Å². The van der Waals surface area contributed by atoms with Crippen LogP contribution < -0.4 is 9.62 Å². The molecule has 0 aromatic heterocycles. The topological polar surface area (TPSA) is 66.5 Å². The number of rotatable bonds is 5. The van der Waals surface area contributed by atoms with E-state index in [9.17, 15) is 13.2 Å². The van der Waals surface area contributed by atoms with Gasteiger partial charge < -0.3 is 4.90 Å². The Kier molecular flexibility index (Phi) is 5.22. The summed E-state index contributed by atoms with van der Waals surface area (Å²) in [7, 11) is -3.60. The number of benzene rings is 3. The van der Waals surface area contributed by atoms with E-state index < -0.39 is 10.0 Å². The van der Waals surface area contributed by atoms with Crippen LogP contribution in [-0.4, -0.2) is 20.9 Å². The van der Waals surface area contributed by atoms with E-state index in [1.807, 2.05) is 49.4 Å². The third kappa shape index (κ3) is 4.09. The van der Waals surface area contributed by atoms with Gasteiger partial charge in [-0.05, 0) is 60.4 Å². The Morgan fingerprint density at radius 3 is 2.55 bits per heavy atom. The zero-order chi connectivity index (χ0) is 20.4. The standard InChI is InChI=1S/C23H22N2O3S/c1-17-6-5-9-21(14-17)29(27,28)24-16-18-10-11-19-12-13-25(22(19)15-18)23(26)20-7-3-2-4-8-20/h2-11,14-15,24H,12-13,16H2,1H3. The SMILES string of the molecule is Cc1cccc(S(=O)(=O)NCc2ccc3c(c2)N(C(=O)c2ccccc2)CC3)c1. The Morgan fingerprint density at radius 2 is 1.79 bits per heavy atom. The molecular formula is C23H22N2O3S. The second-order valence-electron chi connectivity index (χ2n) is 7.18. The minimum Gasteiger partial charge on any atom is -0.308 e. The summed E-state index contributed by atoms with van der Waals surface area (Å²) in [5.41, 5.74) is 4.30. The molecule has 0 unspecified atom stereocenters. The first-order valence-electron chi connectivity index (χ1n) is 9.49. The van der Waals surface area contributed by atoms with Crippen molar-refractivity contribution in [2.45, 2.75) is 24.8 Å². The van der Waals surface area contributed by atoms with E-state index in [0.717, 1.165) is 28.8 Å². The molecule has 3 aromatic rings. The molecule has 0 atom stereocenters. The summed E-state index contributed by atoms with van der Waals surface area (Å²) >= 11 is 0. The van der Waals surface area contributed by atoms with Crippen molar-refractivity contribution in [3.63, 3.8) is 0 Å². The lowest BCUT2D eigenvalue weighted by Crippen LogP contribution is -2.29. The Hall–Kier alpha value is -2.96.